The monoisotopic (exact) mass is 378 g/mol. The molecular formula is C13H13BrTe. The predicted molar refractivity (Wildman–Crippen MR) is 63.8 cm³/mol. The molecule has 0 nitrogen and oxygen atoms in total. The van der Waals surface area contributed by atoms with Crippen LogP contribution >= 0.6 is 0 Å². The molecule has 0 amide bonds. The van der Waals surface area contributed by atoms with Crippen LogP contribution in [0.25, 0.3) is 0 Å². The summed E-state index contributed by atoms with van der Waals surface area (Å²) in [5, 5.41) is 0. The molecule has 0 unspecified atom stereocenters. The molecule has 2 rings (SSSR count). The van der Waals surface area contributed by atoms with E-state index in [2.05, 4.69) is 65.6 Å². The molecule has 2 aromatic rings. The van der Waals surface area contributed by atoms with Crippen molar-refractivity contribution in [2.24, 2.45) is 0 Å². The van der Waals surface area contributed by atoms with E-state index in [-0.39, 0.29) is 17.0 Å². The number of rotatable bonds is 2. The first-order valence-electron chi connectivity index (χ1n) is 4.64. The first-order valence-corrected chi connectivity index (χ1v) is 9.30. The quantitative estimate of drug-likeness (QED) is 0.586. The van der Waals surface area contributed by atoms with E-state index < -0.39 is 19.6 Å². The van der Waals surface area contributed by atoms with Crippen LogP contribution in [0.2, 0.25) is 4.97 Å². The smallest absolute Gasteiger partial charge is 1.00 e. The zero-order chi connectivity index (χ0) is 9.80. The van der Waals surface area contributed by atoms with E-state index in [4.69, 9.17) is 0 Å². The molecule has 0 saturated carbocycles. The molecule has 0 fully saturated rings. The Balaban J connectivity index is 0.00000112. The largest absolute Gasteiger partial charge is 1.00 e. The molecule has 0 atom stereocenters. The summed E-state index contributed by atoms with van der Waals surface area (Å²) in [6.45, 7) is 0. The molecule has 0 aliphatic rings. The minimum Gasteiger partial charge on any atom is -1.00 e. The molecule has 0 saturated heterocycles. The van der Waals surface area contributed by atoms with Gasteiger partial charge in [0.15, 0.2) is 0 Å². The average Bonchev–Trinajstić information content (AvgIpc) is 2.30. The van der Waals surface area contributed by atoms with Crippen LogP contribution in [0, 0.1) is 0 Å². The van der Waals surface area contributed by atoms with Gasteiger partial charge in [-0.1, -0.05) is 0 Å². The van der Waals surface area contributed by atoms with Crippen LogP contribution in [0.5, 0.6) is 0 Å². The van der Waals surface area contributed by atoms with Gasteiger partial charge < -0.3 is 17.0 Å². The van der Waals surface area contributed by atoms with Gasteiger partial charge in [-0.15, -0.1) is 0 Å². The summed E-state index contributed by atoms with van der Waals surface area (Å²) < 4.78 is 3.09. The topological polar surface area (TPSA) is 0 Å². The van der Waals surface area contributed by atoms with E-state index in [0.717, 1.165) is 0 Å². The molecule has 78 valence electrons. The van der Waals surface area contributed by atoms with E-state index in [9.17, 15) is 0 Å². The second-order valence-corrected chi connectivity index (χ2v) is 8.74. The van der Waals surface area contributed by atoms with Crippen LogP contribution in [0.1, 0.15) is 0 Å². The summed E-state index contributed by atoms with van der Waals surface area (Å²) >= 11 is -1.23. The minimum atomic E-state index is -1.23. The zero-order valence-electron chi connectivity index (χ0n) is 8.56. The molecule has 0 spiro atoms. The van der Waals surface area contributed by atoms with Gasteiger partial charge in [-0.3, -0.25) is 0 Å². The Bertz CT molecular complexity index is 346. The van der Waals surface area contributed by atoms with Gasteiger partial charge in [0, 0.05) is 0 Å². The van der Waals surface area contributed by atoms with Gasteiger partial charge in [-0.05, 0) is 0 Å². The Kier molecular flexibility index (Phi) is 5.39. The van der Waals surface area contributed by atoms with Crippen LogP contribution in [-0.2, 0) is 0 Å². The number of hydrogen-bond donors (Lipinski definition) is 0. The van der Waals surface area contributed by atoms with Crippen molar-refractivity contribution in [2.45, 2.75) is 4.97 Å². The first kappa shape index (κ1) is 12.8. The van der Waals surface area contributed by atoms with E-state index in [1.165, 1.54) is 0 Å². The minimum absolute atomic E-state index is 0. The third-order valence-electron chi connectivity index (χ3n) is 2.19. The van der Waals surface area contributed by atoms with Crippen molar-refractivity contribution in [1.82, 2.24) is 0 Å². The average molecular weight is 377 g/mol. The Morgan fingerprint density at radius 3 is 1.33 bits per heavy atom. The molecule has 0 bridgehead atoms. The van der Waals surface area contributed by atoms with E-state index in [1.54, 1.807) is 7.22 Å². The second kappa shape index (κ2) is 6.33. The van der Waals surface area contributed by atoms with Crippen LogP contribution < -0.4 is 24.2 Å². The fourth-order valence-electron chi connectivity index (χ4n) is 1.39. The predicted octanol–water partition coefficient (Wildman–Crippen LogP) is -1.07. The molecule has 0 aliphatic carbocycles. The fourth-order valence-corrected chi connectivity index (χ4v) is 5.39. The maximum Gasteiger partial charge on any atom is -1.00 e. The molecule has 0 aromatic heterocycles. The maximum absolute atomic E-state index is 2.41. The molecular weight excluding hydrogens is 364 g/mol. The molecule has 0 radical (unpaired) electrons. The third kappa shape index (κ3) is 3.34. The maximum atomic E-state index is 2.41. The Hall–Kier alpha value is -0.290. The van der Waals surface area contributed by atoms with E-state index in [1.807, 2.05) is 0 Å². The van der Waals surface area contributed by atoms with E-state index >= 15 is 0 Å². The van der Waals surface area contributed by atoms with Gasteiger partial charge in [0.05, 0.1) is 0 Å². The Labute approximate surface area is 109 Å². The van der Waals surface area contributed by atoms with Crippen LogP contribution in [0.4, 0.5) is 0 Å². The van der Waals surface area contributed by atoms with E-state index in [0.29, 0.717) is 0 Å². The second-order valence-electron chi connectivity index (χ2n) is 3.14. The van der Waals surface area contributed by atoms with Crippen molar-refractivity contribution in [2.75, 3.05) is 0 Å². The van der Waals surface area contributed by atoms with Crippen molar-refractivity contribution in [3.63, 3.8) is 0 Å². The van der Waals surface area contributed by atoms with Gasteiger partial charge in [-0.2, -0.15) is 0 Å². The standard InChI is InChI=1S/C13H13Te.BrH/c1-14(12-8-4-2-5-9-12)13-10-6-3-7-11-13;/h2-11H,1H3;1H/q+1;/p-1. The van der Waals surface area contributed by atoms with Crippen LogP contribution in [0.3, 0.4) is 0 Å². The molecule has 15 heavy (non-hydrogen) atoms. The summed E-state index contributed by atoms with van der Waals surface area (Å²) in [5.74, 6) is 0. The number of benzene rings is 2. The number of hydrogen-bond acceptors (Lipinski definition) is 0. The van der Waals surface area contributed by atoms with Gasteiger partial charge >= 0.3 is 92.4 Å². The summed E-state index contributed by atoms with van der Waals surface area (Å²) in [7, 11) is 0. The zero-order valence-corrected chi connectivity index (χ0v) is 12.5. The summed E-state index contributed by atoms with van der Waals surface area (Å²) in [5.41, 5.74) is 0. The van der Waals surface area contributed by atoms with Crippen molar-refractivity contribution >= 4 is 26.8 Å². The third-order valence-corrected chi connectivity index (χ3v) is 7.78. The Morgan fingerprint density at radius 1 is 0.667 bits per heavy atom. The van der Waals surface area contributed by atoms with Crippen LogP contribution in [0.15, 0.2) is 60.7 Å². The van der Waals surface area contributed by atoms with Crippen LogP contribution in [-0.4, -0.2) is 19.6 Å². The molecule has 2 aromatic carbocycles. The van der Waals surface area contributed by atoms with Gasteiger partial charge in [0.1, 0.15) is 0 Å². The van der Waals surface area contributed by atoms with Crippen molar-refractivity contribution in [3.05, 3.63) is 60.7 Å². The van der Waals surface area contributed by atoms with Crippen molar-refractivity contribution < 1.29 is 17.0 Å². The molecule has 0 N–H and O–H groups in total. The van der Waals surface area contributed by atoms with Crippen molar-refractivity contribution in [3.8, 4) is 0 Å². The molecule has 0 aliphatic heterocycles. The summed E-state index contributed by atoms with van der Waals surface area (Å²) in [6.07, 6.45) is 0. The normalized spacial score (nSPS) is 9.73. The van der Waals surface area contributed by atoms with Gasteiger partial charge in [0.2, 0.25) is 0 Å². The Morgan fingerprint density at radius 2 is 1.00 bits per heavy atom. The van der Waals surface area contributed by atoms with Gasteiger partial charge in [0.25, 0.3) is 0 Å². The molecule has 2 heteroatoms. The van der Waals surface area contributed by atoms with Crippen molar-refractivity contribution in [1.29, 1.82) is 0 Å². The SMILES string of the molecule is C[Te+](c1ccccc1)c1ccccc1.[Br-]. The first-order chi connectivity index (χ1) is 6.88. The summed E-state index contributed by atoms with van der Waals surface area (Å²) in [4.78, 5) is 2.41. The van der Waals surface area contributed by atoms with Gasteiger partial charge in [-0.25, -0.2) is 0 Å². The fraction of sp³-hybridized carbons (Fsp3) is 0.0769. The number of halogens is 1. The summed E-state index contributed by atoms with van der Waals surface area (Å²) in [6, 6.07) is 21.7. The molecule has 0 heterocycles.